The van der Waals surface area contributed by atoms with E-state index < -0.39 is 0 Å². The minimum Gasteiger partial charge on any atom is -0.489 e. The van der Waals surface area contributed by atoms with E-state index >= 15 is 0 Å². The molecule has 0 fully saturated rings. The molecule has 0 bridgehead atoms. The van der Waals surface area contributed by atoms with E-state index in [1.165, 1.54) is 5.56 Å². The Hall–Kier alpha value is -2.33. The lowest BCUT2D eigenvalue weighted by molar-refractivity contribution is 0.363. The van der Waals surface area contributed by atoms with Crippen molar-refractivity contribution >= 4 is 23.0 Å². The molecule has 0 aromatic heterocycles. The van der Waals surface area contributed by atoms with Crippen LogP contribution in [0, 0.1) is 0 Å². The van der Waals surface area contributed by atoms with Crippen LogP contribution in [-0.2, 0) is 6.42 Å². The first-order valence-corrected chi connectivity index (χ1v) is 8.11. The van der Waals surface area contributed by atoms with Crippen molar-refractivity contribution in [1.29, 1.82) is 0 Å². The van der Waals surface area contributed by atoms with Crippen molar-refractivity contribution in [2.75, 3.05) is 18.5 Å². The Labute approximate surface area is 143 Å². The van der Waals surface area contributed by atoms with E-state index in [1.54, 1.807) is 6.08 Å². The number of nitrogens with one attached hydrogen (secondary N) is 2. The van der Waals surface area contributed by atoms with Gasteiger partial charge >= 0.3 is 0 Å². The van der Waals surface area contributed by atoms with Crippen molar-refractivity contribution in [3.05, 3.63) is 72.8 Å². The van der Waals surface area contributed by atoms with Crippen molar-refractivity contribution in [1.82, 2.24) is 5.32 Å². The smallest absolute Gasteiger partial charge is 0.170 e. The summed E-state index contributed by atoms with van der Waals surface area (Å²) in [5.74, 6) is 0.793. The first-order valence-electron chi connectivity index (χ1n) is 7.70. The van der Waals surface area contributed by atoms with E-state index in [1.807, 2.05) is 30.3 Å². The van der Waals surface area contributed by atoms with Crippen molar-refractivity contribution in [3.63, 3.8) is 0 Å². The van der Waals surface area contributed by atoms with Gasteiger partial charge in [-0.15, -0.1) is 0 Å². The van der Waals surface area contributed by atoms with Gasteiger partial charge in [-0.1, -0.05) is 49.1 Å². The van der Waals surface area contributed by atoms with Gasteiger partial charge in [-0.2, -0.15) is 0 Å². The van der Waals surface area contributed by atoms with Crippen LogP contribution >= 0.6 is 12.2 Å². The van der Waals surface area contributed by atoms with Gasteiger partial charge in [0.2, 0.25) is 0 Å². The molecule has 0 amide bonds. The van der Waals surface area contributed by atoms with Gasteiger partial charge in [-0.05, 0) is 42.8 Å². The number of hydrogen-bond acceptors (Lipinski definition) is 2. The summed E-state index contributed by atoms with van der Waals surface area (Å²) in [5.41, 5.74) is 2.26. The molecule has 0 saturated carbocycles. The molecule has 0 saturated heterocycles. The van der Waals surface area contributed by atoms with Crippen molar-refractivity contribution in [2.45, 2.75) is 12.8 Å². The number of ether oxygens (including phenoxy) is 1. The monoisotopic (exact) mass is 326 g/mol. The summed E-state index contributed by atoms with van der Waals surface area (Å²) < 4.78 is 5.50. The summed E-state index contributed by atoms with van der Waals surface area (Å²) in [7, 11) is 0. The van der Waals surface area contributed by atoms with Crippen molar-refractivity contribution in [2.24, 2.45) is 0 Å². The minimum absolute atomic E-state index is 0.492. The SMILES string of the molecule is C=CCOc1cccc(NC(=S)NCCCc2ccccc2)c1. The molecule has 0 unspecified atom stereocenters. The first-order chi connectivity index (χ1) is 11.3. The Morgan fingerprint density at radius 2 is 1.96 bits per heavy atom. The van der Waals surface area contributed by atoms with Gasteiger partial charge in [0.05, 0.1) is 0 Å². The molecule has 2 N–H and O–H groups in total. The molecule has 0 aliphatic heterocycles. The van der Waals surface area contributed by atoms with Gasteiger partial charge < -0.3 is 15.4 Å². The molecule has 120 valence electrons. The van der Waals surface area contributed by atoms with Gasteiger partial charge in [0.1, 0.15) is 12.4 Å². The van der Waals surface area contributed by atoms with Crippen molar-refractivity contribution in [3.8, 4) is 5.75 Å². The fourth-order valence-electron chi connectivity index (χ4n) is 2.13. The highest BCUT2D eigenvalue weighted by Crippen LogP contribution is 2.17. The predicted octanol–water partition coefficient (Wildman–Crippen LogP) is 4.17. The Balaban J connectivity index is 1.71. The summed E-state index contributed by atoms with van der Waals surface area (Å²) in [4.78, 5) is 0. The molecule has 2 rings (SSSR count). The molecular formula is C19H22N2OS. The van der Waals surface area contributed by atoms with E-state index in [0.717, 1.165) is 30.8 Å². The lowest BCUT2D eigenvalue weighted by Gasteiger charge is -2.11. The average molecular weight is 326 g/mol. The molecule has 0 spiro atoms. The van der Waals surface area contributed by atoms with Gasteiger partial charge in [0, 0.05) is 18.3 Å². The summed E-state index contributed by atoms with van der Waals surface area (Å²) in [6.07, 6.45) is 3.80. The van der Waals surface area contributed by atoms with E-state index in [2.05, 4.69) is 41.5 Å². The van der Waals surface area contributed by atoms with E-state index in [4.69, 9.17) is 17.0 Å². The molecule has 2 aromatic carbocycles. The Kier molecular flexibility index (Phi) is 7.14. The van der Waals surface area contributed by atoms with Crippen LogP contribution in [0.2, 0.25) is 0 Å². The third-order valence-corrected chi connectivity index (χ3v) is 3.48. The highest BCUT2D eigenvalue weighted by Gasteiger charge is 2.00. The van der Waals surface area contributed by atoms with Gasteiger partial charge in [0.25, 0.3) is 0 Å². The topological polar surface area (TPSA) is 33.3 Å². The molecular weight excluding hydrogens is 304 g/mol. The van der Waals surface area contributed by atoms with Crippen LogP contribution in [0.3, 0.4) is 0 Å². The largest absolute Gasteiger partial charge is 0.489 e. The highest BCUT2D eigenvalue weighted by atomic mass is 32.1. The number of thiocarbonyl (C=S) groups is 1. The number of benzene rings is 2. The minimum atomic E-state index is 0.492. The third kappa shape index (κ3) is 6.53. The zero-order valence-electron chi connectivity index (χ0n) is 13.1. The van der Waals surface area contributed by atoms with Gasteiger partial charge in [-0.25, -0.2) is 0 Å². The first kappa shape index (κ1) is 17.0. The second kappa shape index (κ2) is 9.64. The second-order valence-corrected chi connectivity index (χ2v) is 5.51. The van der Waals surface area contributed by atoms with Crippen LogP contribution in [-0.4, -0.2) is 18.3 Å². The maximum absolute atomic E-state index is 5.50. The normalized spacial score (nSPS) is 9.91. The molecule has 0 heterocycles. The summed E-state index contributed by atoms with van der Waals surface area (Å²) in [6.45, 7) is 4.97. The van der Waals surface area contributed by atoms with Crippen LogP contribution in [0.25, 0.3) is 0 Å². The predicted molar refractivity (Wildman–Crippen MR) is 101 cm³/mol. The third-order valence-electron chi connectivity index (χ3n) is 3.23. The number of aryl methyl sites for hydroxylation is 1. The fraction of sp³-hybridized carbons (Fsp3) is 0.211. The van der Waals surface area contributed by atoms with Crippen LogP contribution < -0.4 is 15.4 Å². The highest BCUT2D eigenvalue weighted by molar-refractivity contribution is 7.80. The molecule has 0 atom stereocenters. The number of hydrogen-bond donors (Lipinski definition) is 2. The molecule has 23 heavy (non-hydrogen) atoms. The summed E-state index contributed by atoms with van der Waals surface area (Å²) in [6, 6.07) is 18.2. The zero-order chi connectivity index (χ0) is 16.3. The summed E-state index contributed by atoms with van der Waals surface area (Å²) >= 11 is 5.32. The molecule has 0 aliphatic rings. The van der Waals surface area contributed by atoms with E-state index in [9.17, 15) is 0 Å². The number of rotatable bonds is 8. The number of anilines is 1. The summed E-state index contributed by atoms with van der Waals surface area (Å²) in [5, 5.41) is 7.02. The van der Waals surface area contributed by atoms with Crippen molar-refractivity contribution < 1.29 is 4.74 Å². The molecule has 2 aromatic rings. The van der Waals surface area contributed by atoms with Crippen LogP contribution in [0.1, 0.15) is 12.0 Å². The maximum Gasteiger partial charge on any atom is 0.170 e. The molecule has 3 nitrogen and oxygen atoms in total. The van der Waals surface area contributed by atoms with Crippen LogP contribution in [0.15, 0.2) is 67.3 Å². The average Bonchev–Trinajstić information content (AvgIpc) is 2.58. The Morgan fingerprint density at radius 1 is 1.13 bits per heavy atom. The second-order valence-electron chi connectivity index (χ2n) is 5.10. The van der Waals surface area contributed by atoms with Gasteiger partial charge in [-0.3, -0.25) is 0 Å². The lowest BCUT2D eigenvalue weighted by Crippen LogP contribution is -2.29. The zero-order valence-corrected chi connectivity index (χ0v) is 13.9. The fourth-order valence-corrected chi connectivity index (χ4v) is 2.35. The molecule has 0 aliphatic carbocycles. The van der Waals surface area contributed by atoms with Gasteiger partial charge in [0.15, 0.2) is 5.11 Å². The van der Waals surface area contributed by atoms with E-state index in [0.29, 0.717) is 11.7 Å². The standard InChI is InChI=1S/C19H22N2OS/c1-2-14-22-18-12-6-11-17(15-18)21-19(23)20-13-7-10-16-8-4-3-5-9-16/h2-6,8-9,11-12,15H,1,7,10,13-14H2,(H2,20,21,23). The van der Waals surface area contributed by atoms with Crippen LogP contribution in [0.4, 0.5) is 5.69 Å². The Morgan fingerprint density at radius 3 is 2.74 bits per heavy atom. The molecule has 4 heteroatoms. The lowest BCUT2D eigenvalue weighted by atomic mass is 10.1. The van der Waals surface area contributed by atoms with E-state index in [-0.39, 0.29) is 0 Å². The van der Waals surface area contributed by atoms with Crippen LogP contribution in [0.5, 0.6) is 5.75 Å². The molecule has 0 radical (unpaired) electrons. The maximum atomic E-state index is 5.50. The quantitative estimate of drug-likeness (QED) is 0.433. The Bertz CT molecular complexity index is 628.